The van der Waals surface area contributed by atoms with Crippen molar-refractivity contribution in [1.82, 2.24) is 4.98 Å². The molecule has 0 fully saturated rings. The third kappa shape index (κ3) is 5.06. The van der Waals surface area contributed by atoms with E-state index < -0.39 is 0 Å². The Bertz CT molecular complexity index is 863. The lowest BCUT2D eigenvalue weighted by molar-refractivity contribution is -0.118. The second-order valence-corrected chi connectivity index (χ2v) is 7.06. The van der Waals surface area contributed by atoms with Gasteiger partial charge in [-0.15, -0.1) is 11.3 Å². The molecule has 0 aliphatic carbocycles. The lowest BCUT2D eigenvalue weighted by atomic mass is 10.2. The van der Waals surface area contributed by atoms with Gasteiger partial charge in [0.2, 0.25) is 0 Å². The number of hydrogen-bond donors (Lipinski definition) is 1. The summed E-state index contributed by atoms with van der Waals surface area (Å²) >= 11 is 4.79. The number of nitrogens with one attached hydrogen (secondary N) is 1. The van der Waals surface area contributed by atoms with Crippen molar-refractivity contribution in [1.29, 1.82) is 0 Å². The molecule has 0 spiro atoms. The second kappa shape index (κ2) is 8.82. The van der Waals surface area contributed by atoms with E-state index in [9.17, 15) is 4.79 Å². The summed E-state index contributed by atoms with van der Waals surface area (Å²) in [4.78, 5) is 16.5. The molecule has 0 saturated heterocycles. The van der Waals surface area contributed by atoms with Crippen molar-refractivity contribution in [2.24, 2.45) is 0 Å². The van der Waals surface area contributed by atoms with Gasteiger partial charge in [-0.1, -0.05) is 28.1 Å². The van der Waals surface area contributed by atoms with E-state index in [4.69, 9.17) is 9.47 Å². The number of aromatic nitrogens is 1. The first-order valence-corrected chi connectivity index (χ1v) is 9.68. The summed E-state index contributed by atoms with van der Waals surface area (Å²) in [6.07, 6.45) is 0. The van der Waals surface area contributed by atoms with Crippen LogP contribution in [0, 0.1) is 0 Å². The van der Waals surface area contributed by atoms with E-state index in [2.05, 4.69) is 26.2 Å². The number of carbonyl (C=O) groups excluding carboxylic acids is 1. The molecule has 1 heterocycles. The Morgan fingerprint density at radius 1 is 1.08 bits per heavy atom. The minimum absolute atomic E-state index is 0.0822. The Kier molecular flexibility index (Phi) is 6.25. The minimum atomic E-state index is -0.254. The lowest BCUT2D eigenvalue weighted by Crippen LogP contribution is -2.20. The van der Waals surface area contributed by atoms with Gasteiger partial charge in [-0.2, -0.15) is 0 Å². The second-order valence-electron chi connectivity index (χ2n) is 5.29. The molecule has 0 saturated carbocycles. The molecule has 1 aromatic heterocycles. The van der Waals surface area contributed by atoms with Gasteiger partial charge in [-0.3, -0.25) is 10.1 Å². The number of hydrogen-bond acceptors (Lipinski definition) is 5. The molecule has 0 radical (unpaired) electrons. The van der Waals surface area contributed by atoms with E-state index in [1.807, 2.05) is 48.7 Å². The summed E-state index contributed by atoms with van der Waals surface area (Å²) in [6.45, 7) is 2.45. The van der Waals surface area contributed by atoms with E-state index in [1.165, 1.54) is 11.3 Å². The molecule has 0 aliphatic heterocycles. The fourth-order valence-electron chi connectivity index (χ4n) is 2.19. The Hall–Kier alpha value is -2.38. The van der Waals surface area contributed by atoms with Gasteiger partial charge < -0.3 is 9.47 Å². The molecule has 1 N–H and O–H groups in total. The van der Waals surface area contributed by atoms with Crippen LogP contribution >= 0.6 is 27.3 Å². The number of thiazole rings is 1. The van der Waals surface area contributed by atoms with E-state index in [0.29, 0.717) is 17.5 Å². The van der Waals surface area contributed by atoms with Crippen LogP contribution in [0.2, 0.25) is 0 Å². The molecule has 3 aromatic rings. The molecule has 0 aliphatic rings. The Morgan fingerprint density at radius 2 is 1.73 bits per heavy atom. The van der Waals surface area contributed by atoms with Crippen LogP contribution in [-0.2, 0) is 4.79 Å². The van der Waals surface area contributed by atoms with Crippen LogP contribution in [0.5, 0.6) is 11.5 Å². The first-order chi connectivity index (χ1) is 12.6. The van der Waals surface area contributed by atoms with E-state index >= 15 is 0 Å². The summed E-state index contributed by atoms with van der Waals surface area (Å²) in [5.41, 5.74) is 1.82. The summed E-state index contributed by atoms with van der Waals surface area (Å²) < 4.78 is 11.9. The summed E-state index contributed by atoms with van der Waals surface area (Å²) in [7, 11) is 0. The fourth-order valence-corrected chi connectivity index (χ4v) is 3.19. The number of amides is 1. The van der Waals surface area contributed by atoms with E-state index in [-0.39, 0.29) is 12.5 Å². The normalized spacial score (nSPS) is 10.4. The molecule has 0 atom stereocenters. The highest BCUT2D eigenvalue weighted by Gasteiger charge is 2.09. The molecule has 134 valence electrons. The number of ether oxygens (including phenoxy) is 2. The number of benzene rings is 2. The monoisotopic (exact) mass is 432 g/mol. The van der Waals surface area contributed by atoms with Crippen LogP contribution in [0.25, 0.3) is 11.3 Å². The molecular formula is C19H17BrN2O3S. The van der Waals surface area contributed by atoms with Crippen molar-refractivity contribution in [3.05, 3.63) is 58.4 Å². The van der Waals surface area contributed by atoms with E-state index in [1.54, 1.807) is 12.1 Å². The SMILES string of the molecule is CCOc1ccc(OCC(=O)Nc2nc(-c3ccc(Br)cc3)cs2)cc1. The van der Waals surface area contributed by atoms with Gasteiger partial charge in [-0.05, 0) is 43.3 Å². The predicted molar refractivity (Wildman–Crippen MR) is 107 cm³/mol. The molecule has 0 unspecified atom stereocenters. The van der Waals surface area contributed by atoms with Crippen molar-refractivity contribution in [3.63, 3.8) is 0 Å². The van der Waals surface area contributed by atoms with Crippen LogP contribution in [-0.4, -0.2) is 24.1 Å². The summed E-state index contributed by atoms with van der Waals surface area (Å²) in [6, 6.07) is 15.0. The molecule has 2 aromatic carbocycles. The molecule has 5 nitrogen and oxygen atoms in total. The van der Waals surface area contributed by atoms with Crippen molar-refractivity contribution < 1.29 is 14.3 Å². The van der Waals surface area contributed by atoms with Gasteiger partial charge in [0.1, 0.15) is 11.5 Å². The molecule has 0 bridgehead atoms. The van der Waals surface area contributed by atoms with Crippen LogP contribution in [0.4, 0.5) is 5.13 Å². The van der Waals surface area contributed by atoms with E-state index in [0.717, 1.165) is 21.5 Å². The van der Waals surface area contributed by atoms with Gasteiger partial charge in [0.25, 0.3) is 5.91 Å². The van der Waals surface area contributed by atoms with Gasteiger partial charge in [-0.25, -0.2) is 4.98 Å². The first-order valence-electron chi connectivity index (χ1n) is 8.01. The molecular weight excluding hydrogens is 416 g/mol. The number of carbonyl (C=O) groups is 1. The maximum atomic E-state index is 12.0. The molecule has 7 heteroatoms. The number of rotatable bonds is 7. The Balaban J connectivity index is 1.52. The van der Waals surface area contributed by atoms with Gasteiger partial charge in [0.05, 0.1) is 12.3 Å². The topological polar surface area (TPSA) is 60.5 Å². The van der Waals surface area contributed by atoms with Crippen molar-refractivity contribution in [2.45, 2.75) is 6.92 Å². The number of anilines is 1. The average molecular weight is 433 g/mol. The minimum Gasteiger partial charge on any atom is -0.494 e. The molecule has 1 amide bonds. The molecule has 26 heavy (non-hydrogen) atoms. The lowest BCUT2D eigenvalue weighted by Gasteiger charge is -2.07. The third-order valence-electron chi connectivity index (χ3n) is 3.40. The Labute approximate surface area is 164 Å². The van der Waals surface area contributed by atoms with Gasteiger partial charge >= 0.3 is 0 Å². The molecule has 3 rings (SSSR count). The largest absolute Gasteiger partial charge is 0.494 e. The quantitative estimate of drug-likeness (QED) is 0.571. The zero-order chi connectivity index (χ0) is 18.4. The van der Waals surface area contributed by atoms with Crippen molar-refractivity contribution >= 4 is 38.3 Å². The predicted octanol–water partition coefficient (Wildman–Crippen LogP) is 4.99. The van der Waals surface area contributed by atoms with Crippen molar-refractivity contribution in [2.75, 3.05) is 18.5 Å². The van der Waals surface area contributed by atoms with Crippen molar-refractivity contribution in [3.8, 4) is 22.8 Å². The summed E-state index contributed by atoms with van der Waals surface area (Å²) in [5, 5.41) is 5.21. The highest BCUT2D eigenvalue weighted by Crippen LogP contribution is 2.26. The van der Waals surface area contributed by atoms with Crippen LogP contribution in [0.15, 0.2) is 58.4 Å². The third-order valence-corrected chi connectivity index (χ3v) is 4.68. The zero-order valence-electron chi connectivity index (χ0n) is 14.1. The zero-order valence-corrected chi connectivity index (χ0v) is 16.5. The highest BCUT2D eigenvalue weighted by atomic mass is 79.9. The summed E-state index contributed by atoms with van der Waals surface area (Å²) in [5.74, 6) is 1.13. The first kappa shape index (κ1) is 18.4. The maximum Gasteiger partial charge on any atom is 0.264 e. The number of halogens is 1. The fraction of sp³-hybridized carbons (Fsp3) is 0.158. The smallest absolute Gasteiger partial charge is 0.264 e. The highest BCUT2D eigenvalue weighted by molar-refractivity contribution is 9.10. The average Bonchev–Trinajstić information content (AvgIpc) is 3.10. The standard InChI is InChI=1S/C19H17BrN2O3S/c1-2-24-15-7-9-16(10-8-15)25-11-18(23)22-19-21-17(12-26-19)13-3-5-14(20)6-4-13/h3-10,12H,2,11H2,1H3,(H,21,22,23). The van der Waals surface area contributed by atoms with Crippen LogP contribution < -0.4 is 14.8 Å². The van der Waals surface area contributed by atoms with Gasteiger partial charge in [0.15, 0.2) is 11.7 Å². The number of nitrogens with zero attached hydrogens (tertiary/aromatic N) is 1. The Morgan fingerprint density at radius 3 is 2.38 bits per heavy atom. The van der Waals surface area contributed by atoms with Crippen LogP contribution in [0.3, 0.4) is 0 Å². The maximum absolute atomic E-state index is 12.0. The van der Waals surface area contributed by atoms with Gasteiger partial charge in [0, 0.05) is 15.4 Å². The van der Waals surface area contributed by atoms with Crippen LogP contribution in [0.1, 0.15) is 6.92 Å².